The Morgan fingerprint density at radius 1 is 1.09 bits per heavy atom. The molecule has 1 aliphatic heterocycles. The van der Waals surface area contributed by atoms with Crippen molar-refractivity contribution in [2.24, 2.45) is 5.92 Å². The first-order valence-electron chi connectivity index (χ1n) is 15.2. The maximum Gasteiger partial charge on any atom is 0.254 e. The van der Waals surface area contributed by atoms with Crippen LogP contribution in [-0.4, -0.2) is 78.8 Å². The number of aromatic nitrogens is 5. The Hall–Kier alpha value is -5.37. The molecule has 1 atom stereocenters. The molecule has 1 fully saturated rings. The summed E-state index contributed by atoms with van der Waals surface area (Å²) in [4.78, 5) is 36.6. The van der Waals surface area contributed by atoms with Gasteiger partial charge in [-0.2, -0.15) is 9.49 Å². The second-order valence-corrected chi connectivity index (χ2v) is 11.4. The lowest BCUT2D eigenvalue weighted by molar-refractivity contribution is -0.126. The number of nitrogens with one attached hydrogen (secondary N) is 2. The quantitative estimate of drug-likeness (QED) is 0.208. The molecule has 12 nitrogen and oxygen atoms in total. The van der Waals surface area contributed by atoms with Gasteiger partial charge in [-0.3, -0.25) is 18.7 Å². The van der Waals surface area contributed by atoms with Crippen LogP contribution in [0.2, 0.25) is 0 Å². The van der Waals surface area contributed by atoms with Crippen molar-refractivity contribution < 1.29 is 28.2 Å². The zero-order valence-corrected chi connectivity index (χ0v) is 25.9. The zero-order valence-electron chi connectivity index (χ0n) is 25.9. The van der Waals surface area contributed by atoms with Gasteiger partial charge in [-0.05, 0) is 61.7 Å². The normalized spacial score (nSPS) is 14.3. The minimum Gasteiger partial charge on any atom is -0.494 e. The van der Waals surface area contributed by atoms with Gasteiger partial charge in [0.1, 0.15) is 0 Å². The number of hydrogen-bond acceptors (Lipinski definition) is 8. The molecule has 47 heavy (non-hydrogen) atoms. The van der Waals surface area contributed by atoms with Crippen LogP contribution in [0.3, 0.4) is 0 Å². The fourth-order valence-corrected chi connectivity index (χ4v) is 5.78. The van der Waals surface area contributed by atoms with Crippen LogP contribution in [-0.2, 0) is 11.3 Å². The van der Waals surface area contributed by atoms with Gasteiger partial charge < -0.3 is 25.4 Å². The van der Waals surface area contributed by atoms with E-state index in [4.69, 9.17) is 4.74 Å². The number of halogens is 2. The van der Waals surface area contributed by atoms with Gasteiger partial charge in [-0.25, -0.2) is 14.4 Å². The topological polar surface area (TPSA) is 139 Å². The number of aryl methyl sites for hydroxylation is 1. The molecular weight excluding hydrogens is 610 g/mol. The first-order chi connectivity index (χ1) is 22.7. The SMILES string of the molecule is COc1ccc(-c2cnc3c(Nc4ccc(C(=O)N5CCC(C(=O)NCC(O)Cn6cccn6)CC5)c(C)c4)nccn23)c(F)c1F. The van der Waals surface area contributed by atoms with Crippen LogP contribution < -0.4 is 15.4 Å². The van der Waals surface area contributed by atoms with Crippen LogP contribution in [0.25, 0.3) is 16.9 Å². The molecule has 1 unspecified atom stereocenters. The van der Waals surface area contributed by atoms with Crippen molar-refractivity contribution in [2.75, 3.05) is 32.1 Å². The van der Waals surface area contributed by atoms with E-state index in [9.17, 15) is 23.5 Å². The molecular formula is C33H34F2N8O4. The van der Waals surface area contributed by atoms with Gasteiger partial charge >= 0.3 is 0 Å². The predicted octanol–water partition coefficient (Wildman–Crippen LogP) is 3.96. The Morgan fingerprint density at radius 3 is 2.62 bits per heavy atom. The number of benzene rings is 2. The number of likely N-dealkylation sites (tertiary alicyclic amines) is 1. The molecule has 2 aromatic carbocycles. The number of imidazole rings is 1. The van der Waals surface area contributed by atoms with E-state index in [1.54, 1.807) is 50.8 Å². The Balaban J connectivity index is 1.07. The van der Waals surface area contributed by atoms with Crippen LogP contribution in [0.5, 0.6) is 5.75 Å². The van der Waals surface area contributed by atoms with Gasteiger partial charge in [-0.1, -0.05) is 0 Å². The minimum atomic E-state index is -1.08. The fourth-order valence-electron chi connectivity index (χ4n) is 5.78. The van der Waals surface area contributed by atoms with Gasteiger partial charge in [0.05, 0.1) is 31.6 Å². The summed E-state index contributed by atoms with van der Waals surface area (Å²) in [6.07, 6.45) is 8.25. The van der Waals surface area contributed by atoms with Crippen LogP contribution in [0.15, 0.2) is 67.4 Å². The number of carbonyl (C=O) groups is 2. The van der Waals surface area contributed by atoms with Gasteiger partial charge in [0.25, 0.3) is 5.91 Å². The molecule has 0 aliphatic carbocycles. The minimum absolute atomic E-state index is 0.0246. The second-order valence-electron chi connectivity index (χ2n) is 11.4. The summed E-state index contributed by atoms with van der Waals surface area (Å²) in [7, 11) is 1.27. The summed E-state index contributed by atoms with van der Waals surface area (Å²) in [5.41, 5.74) is 2.72. The summed E-state index contributed by atoms with van der Waals surface area (Å²) in [5, 5.41) is 20.3. The van der Waals surface area contributed by atoms with Crippen molar-refractivity contribution in [3.8, 4) is 17.0 Å². The molecule has 244 valence electrons. The second kappa shape index (κ2) is 13.5. The van der Waals surface area contributed by atoms with E-state index in [2.05, 4.69) is 25.7 Å². The number of hydrogen-bond donors (Lipinski definition) is 3. The summed E-state index contributed by atoms with van der Waals surface area (Å²) in [6, 6.07) is 9.90. The third-order valence-corrected chi connectivity index (χ3v) is 8.31. The third kappa shape index (κ3) is 6.63. The molecule has 1 aliphatic rings. The van der Waals surface area contributed by atoms with E-state index < -0.39 is 17.7 Å². The first-order valence-corrected chi connectivity index (χ1v) is 15.2. The summed E-state index contributed by atoms with van der Waals surface area (Å²) >= 11 is 0. The van der Waals surface area contributed by atoms with E-state index in [1.165, 1.54) is 31.6 Å². The largest absolute Gasteiger partial charge is 0.494 e. The number of aliphatic hydroxyl groups excluding tert-OH is 1. The lowest BCUT2D eigenvalue weighted by Crippen LogP contribution is -2.44. The Labute approximate surface area is 269 Å². The predicted molar refractivity (Wildman–Crippen MR) is 169 cm³/mol. The van der Waals surface area contributed by atoms with Crippen molar-refractivity contribution in [3.63, 3.8) is 0 Å². The lowest BCUT2D eigenvalue weighted by Gasteiger charge is -2.32. The number of amides is 2. The molecule has 2 amide bonds. The molecule has 4 heterocycles. The van der Waals surface area contributed by atoms with Crippen LogP contribution in [0.1, 0.15) is 28.8 Å². The molecule has 14 heteroatoms. The monoisotopic (exact) mass is 644 g/mol. The summed E-state index contributed by atoms with van der Waals surface area (Å²) in [6.45, 7) is 3.15. The van der Waals surface area contributed by atoms with Crippen LogP contribution in [0.4, 0.5) is 20.3 Å². The number of ether oxygens (including phenoxy) is 1. The highest BCUT2D eigenvalue weighted by atomic mass is 19.2. The standard InChI is InChI=1S/C33H34F2N8O4/c1-20-16-22(40-30-31-37-18-26(43(31)15-11-36-30)25-6-7-27(47-2)29(35)28(25)34)4-5-24(20)33(46)41-13-8-21(9-14-41)32(45)38-17-23(44)19-42-12-3-10-39-42/h3-7,10-12,15-16,18,21,23,44H,8-9,13-14,17,19H2,1-2H3,(H,36,40)(H,38,45). The first kappa shape index (κ1) is 31.6. The van der Waals surface area contributed by atoms with E-state index in [-0.39, 0.29) is 35.6 Å². The molecule has 0 radical (unpaired) electrons. The van der Waals surface area contributed by atoms with Gasteiger partial charge in [-0.15, -0.1) is 0 Å². The van der Waals surface area contributed by atoms with Crippen molar-refractivity contribution in [3.05, 3.63) is 90.1 Å². The Morgan fingerprint density at radius 2 is 1.89 bits per heavy atom. The van der Waals surface area contributed by atoms with Gasteiger partial charge in [0.15, 0.2) is 23.0 Å². The van der Waals surface area contributed by atoms with E-state index in [1.807, 2.05) is 13.0 Å². The van der Waals surface area contributed by atoms with Crippen molar-refractivity contribution in [2.45, 2.75) is 32.4 Å². The highest BCUT2D eigenvalue weighted by molar-refractivity contribution is 5.96. The summed E-state index contributed by atoms with van der Waals surface area (Å²) in [5.74, 6) is -2.40. The maximum absolute atomic E-state index is 14.8. The maximum atomic E-state index is 14.8. The highest BCUT2D eigenvalue weighted by Crippen LogP contribution is 2.32. The molecule has 3 N–H and O–H groups in total. The number of fused-ring (bicyclic) bond motifs is 1. The van der Waals surface area contributed by atoms with Gasteiger partial charge in [0.2, 0.25) is 11.7 Å². The Kier molecular flexibility index (Phi) is 9.11. The number of piperidine rings is 1. The van der Waals surface area contributed by atoms with E-state index in [0.29, 0.717) is 60.9 Å². The highest BCUT2D eigenvalue weighted by Gasteiger charge is 2.29. The molecule has 6 rings (SSSR count). The number of aliphatic hydroxyl groups is 1. The molecule has 0 saturated carbocycles. The third-order valence-electron chi connectivity index (χ3n) is 8.31. The lowest BCUT2D eigenvalue weighted by atomic mass is 9.95. The Bertz CT molecular complexity index is 1900. The van der Waals surface area contributed by atoms with Crippen molar-refractivity contribution in [1.82, 2.24) is 34.4 Å². The average Bonchev–Trinajstić information content (AvgIpc) is 3.75. The number of rotatable bonds is 10. The summed E-state index contributed by atoms with van der Waals surface area (Å²) < 4.78 is 37.3. The molecule has 3 aromatic heterocycles. The van der Waals surface area contributed by atoms with Crippen LogP contribution in [0, 0.1) is 24.5 Å². The number of nitrogens with zero attached hydrogens (tertiary/aromatic N) is 6. The van der Waals surface area contributed by atoms with Crippen molar-refractivity contribution >= 4 is 29.0 Å². The fraction of sp³-hybridized carbons (Fsp3) is 0.303. The molecule has 5 aromatic rings. The van der Waals surface area contributed by atoms with E-state index >= 15 is 0 Å². The van der Waals surface area contributed by atoms with Crippen molar-refractivity contribution in [1.29, 1.82) is 0 Å². The van der Waals surface area contributed by atoms with Gasteiger partial charge in [0, 0.05) is 67.2 Å². The number of carbonyl (C=O) groups excluding carboxylic acids is 2. The number of methoxy groups -OCH3 is 1. The van der Waals surface area contributed by atoms with Crippen LogP contribution >= 0.6 is 0 Å². The van der Waals surface area contributed by atoms with E-state index in [0.717, 1.165) is 5.56 Å². The zero-order chi connectivity index (χ0) is 33.1. The smallest absolute Gasteiger partial charge is 0.254 e. The number of anilines is 2. The molecule has 0 spiro atoms. The average molecular weight is 645 g/mol. The molecule has 0 bridgehead atoms. The molecule has 1 saturated heterocycles.